The van der Waals surface area contributed by atoms with Crippen molar-refractivity contribution in [2.75, 3.05) is 19.3 Å². The summed E-state index contributed by atoms with van der Waals surface area (Å²) in [7, 11) is 0. The van der Waals surface area contributed by atoms with Crippen LogP contribution in [0.5, 0.6) is 0 Å². The van der Waals surface area contributed by atoms with E-state index in [1.807, 2.05) is 6.26 Å². The molecular weight excluding hydrogens is 188 g/mol. The van der Waals surface area contributed by atoms with Crippen molar-refractivity contribution in [2.24, 2.45) is 4.99 Å². The lowest BCUT2D eigenvalue weighted by Crippen LogP contribution is -2.15. The molecule has 1 rings (SSSR count). The molecule has 0 aromatic rings. The molecule has 0 saturated heterocycles. The van der Waals surface area contributed by atoms with Crippen molar-refractivity contribution < 1.29 is 10.1 Å². The van der Waals surface area contributed by atoms with Gasteiger partial charge in [0.15, 0.2) is 5.17 Å². The zero-order valence-electron chi connectivity index (χ0n) is 8.63. The maximum Gasteiger partial charge on any atom is 0.156 e. The molecule has 1 aliphatic rings. The molecule has 0 atom stereocenters. The van der Waals surface area contributed by atoms with Gasteiger partial charge in [-0.25, -0.2) is 4.89 Å². The molecule has 1 aliphatic heterocycles. The fraction of sp³-hybridized carbons (Fsp3) is 0.875. The second-order valence-electron chi connectivity index (χ2n) is 3.52. The average molecular weight is 206 g/mol. The van der Waals surface area contributed by atoms with Crippen molar-refractivity contribution >= 4 is 16.9 Å². The summed E-state index contributed by atoms with van der Waals surface area (Å²) in [5.41, 5.74) is -0.403. The molecule has 0 fully saturated rings. The van der Waals surface area contributed by atoms with E-state index in [9.17, 15) is 0 Å². The fourth-order valence-corrected chi connectivity index (χ4v) is 0.980. The van der Waals surface area contributed by atoms with Crippen molar-refractivity contribution in [2.45, 2.75) is 26.4 Å². The first kappa shape index (κ1) is 12.7. The molecule has 0 unspecified atom stereocenters. The molecule has 1 heterocycles. The van der Waals surface area contributed by atoms with Gasteiger partial charge in [0, 0.05) is 6.54 Å². The topological polar surface area (TPSA) is 53.9 Å². The standard InChI is InChI=1S/C4H8N2S.C4H10O2/c1-7-4-5-2-3-6-4;1-4(2,3)6-5/h2-3H2,1H3,(H,5,6);5H,1-3H3. The van der Waals surface area contributed by atoms with Crippen LogP contribution in [0.4, 0.5) is 0 Å². The van der Waals surface area contributed by atoms with Crippen molar-refractivity contribution in [1.29, 1.82) is 0 Å². The van der Waals surface area contributed by atoms with Gasteiger partial charge < -0.3 is 5.32 Å². The molecule has 0 spiro atoms. The third-order valence-corrected chi connectivity index (χ3v) is 1.77. The van der Waals surface area contributed by atoms with E-state index in [2.05, 4.69) is 15.2 Å². The molecule has 0 radical (unpaired) electrons. The molecule has 0 aromatic carbocycles. The highest BCUT2D eigenvalue weighted by atomic mass is 32.2. The van der Waals surface area contributed by atoms with Crippen molar-refractivity contribution in [3.63, 3.8) is 0 Å². The van der Waals surface area contributed by atoms with E-state index in [0.717, 1.165) is 18.3 Å². The van der Waals surface area contributed by atoms with Crippen molar-refractivity contribution in [3.8, 4) is 0 Å². The Hall–Kier alpha value is -0.260. The number of hydrogen-bond donors (Lipinski definition) is 2. The molecule has 4 nitrogen and oxygen atoms in total. The number of hydrogen-bond acceptors (Lipinski definition) is 5. The summed E-state index contributed by atoms with van der Waals surface area (Å²) < 4.78 is 0. The lowest BCUT2D eigenvalue weighted by molar-refractivity contribution is -0.306. The minimum Gasteiger partial charge on any atom is -0.363 e. The van der Waals surface area contributed by atoms with Crippen LogP contribution < -0.4 is 5.32 Å². The third kappa shape index (κ3) is 8.08. The predicted molar refractivity (Wildman–Crippen MR) is 57.3 cm³/mol. The maximum absolute atomic E-state index is 7.90. The Morgan fingerprint density at radius 2 is 2.08 bits per heavy atom. The zero-order chi connectivity index (χ0) is 10.3. The highest BCUT2D eigenvalue weighted by Gasteiger charge is 2.07. The molecule has 0 aliphatic carbocycles. The summed E-state index contributed by atoms with van der Waals surface area (Å²) in [6.07, 6.45) is 2.02. The molecule has 0 aromatic heterocycles. The minimum atomic E-state index is -0.403. The molecule has 78 valence electrons. The van der Waals surface area contributed by atoms with E-state index in [1.165, 1.54) is 0 Å². The van der Waals surface area contributed by atoms with Crippen LogP contribution in [-0.2, 0) is 4.89 Å². The molecule has 2 N–H and O–H groups in total. The quantitative estimate of drug-likeness (QED) is 0.467. The van der Waals surface area contributed by atoms with Crippen LogP contribution in [0.2, 0.25) is 0 Å². The number of nitrogens with zero attached hydrogens (tertiary/aromatic N) is 1. The number of amidine groups is 1. The van der Waals surface area contributed by atoms with E-state index in [-0.39, 0.29) is 0 Å². The SMILES string of the molecule is CC(C)(C)OO.CSC1=NCCN1. The van der Waals surface area contributed by atoms with E-state index in [0.29, 0.717) is 0 Å². The smallest absolute Gasteiger partial charge is 0.156 e. The lowest BCUT2D eigenvalue weighted by Gasteiger charge is -2.10. The van der Waals surface area contributed by atoms with Gasteiger partial charge >= 0.3 is 0 Å². The molecule has 0 saturated carbocycles. The highest BCUT2D eigenvalue weighted by molar-refractivity contribution is 8.13. The van der Waals surface area contributed by atoms with Gasteiger partial charge in [-0.2, -0.15) is 0 Å². The molecular formula is C8H18N2O2S. The predicted octanol–water partition coefficient (Wildman–Crippen LogP) is 1.58. The largest absolute Gasteiger partial charge is 0.363 e. The van der Waals surface area contributed by atoms with Gasteiger partial charge in [-0.1, -0.05) is 11.8 Å². The Balaban J connectivity index is 0.000000226. The van der Waals surface area contributed by atoms with Gasteiger partial charge in [-0.3, -0.25) is 10.2 Å². The van der Waals surface area contributed by atoms with Crippen LogP contribution in [-0.4, -0.2) is 35.4 Å². The van der Waals surface area contributed by atoms with Gasteiger partial charge in [-0.15, -0.1) is 0 Å². The molecule has 5 heteroatoms. The highest BCUT2D eigenvalue weighted by Crippen LogP contribution is 2.01. The van der Waals surface area contributed by atoms with Gasteiger partial charge in [0.05, 0.1) is 12.1 Å². The number of thioether (sulfide) groups is 1. The number of rotatable bonds is 0. The summed E-state index contributed by atoms with van der Waals surface area (Å²) in [5.74, 6) is 0. The van der Waals surface area contributed by atoms with Gasteiger partial charge in [0.2, 0.25) is 0 Å². The second-order valence-corrected chi connectivity index (χ2v) is 4.32. The summed E-state index contributed by atoms with van der Waals surface area (Å²) in [5, 5.41) is 12.1. The van der Waals surface area contributed by atoms with Crippen LogP contribution in [0, 0.1) is 0 Å². The van der Waals surface area contributed by atoms with Crippen LogP contribution in [0.15, 0.2) is 4.99 Å². The summed E-state index contributed by atoms with van der Waals surface area (Å²) in [4.78, 5) is 8.06. The normalized spacial score (nSPS) is 15.6. The molecule has 0 bridgehead atoms. The first-order chi connectivity index (χ1) is 5.99. The molecule has 0 amide bonds. The first-order valence-electron chi connectivity index (χ1n) is 4.14. The van der Waals surface area contributed by atoms with Crippen LogP contribution in [0.3, 0.4) is 0 Å². The first-order valence-corrected chi connectivity index (χ1v) is 5.37. The van der Waals surface area contributed by atoms with Gasteiger partial charge in [0.1, 0.15) is 0 Å². The monoisotopic (exact) mass is 206 g/mol. The average Bonchev–Trinajstić information content (AvgIpc) is 2.56. The van der Waals surface area contributed by atoms with E-state index in [1.54, 1.807) is 32.5 Å². The fourth-order valence-electron chi connectivity index (χ4n) is 0.513. The molecule has 13 heavy (non-hydrogen) atoms. The Bertz CT molecular complexity index is 166. The van der Waals surface area contributed by atoms with E-state index in [4.69, 9.17) is 5.26 Å². The van der Waals surface area contributed by atoms with Gasteiger partial charge in [-0.05, 0) is 27.0 Å². The van der Waals surface area contributed by atoms with Crippen molar-refractivity contribution in [1.82, 2.24) is 5.32 Å². The number of nitrogens with one attached hydrogen (secondary N) is 1. The Morgan fingerprint density at radius 3 is 2.23 bits per heavy atom. The zero-order valence-corrected chi connectivity index (χ0v) is 9.44. The summed E-state index contributed by atoms with van der Waals surface area (Å²) in [6.45, 7) is 7.29. The van der Waals surface area contributed by atoms with Crippen molar-refractivity contribution in [3.05, 3.63) is 0 Å². The number of aliphatic imine (C=N–C) groups is 1. The van der Waals surface area contributed by atoms with Crippen LogP contribution >= 0.6 is 11.8 Å². The Morgan fingerprint density at radius 1 is 1.54 bits per heavy atom. The van der Waals surface area contributed by atoms with Gasteiger partial charge in [0.25, 0.3) is 0 Å². The second kappa shape index (κ2) is 6.23. The van der Waals surface area contributed by atoms with E-state index < -0.39 is 5.60 Å². The maximum atomic E-state index is 7.90. The van der Waals surface area contributed by atoms with E-state index >= 15 is 0 Å². The van der Waals surface area contributed by atoms with Crippen LogP contribution in [0.25, 0.3) is 0 Å². The lowest BCUT2D eigenvalue weighted by atomic mass is 10.2. The minimum absolute atomic E-state index is 0.403. The Labute approximate surface area is 83.7 Å². The van der Waals surface area contributed by atoms with Crippen LogP contribution in [0.1, 0.15) is 20.8 Å². The summed E-state index contributed by atoms with van der Waals surface area (Å²) >= 11 is 1.67. The Kier molecular flexibility index (Phi) is 6.11. The third-order valence-electron chi connectivity index (χ3n) is 1.11. The summed E-state index contributed by atoms with van der Waals surface area (Å²) in [6, 6.07) is 0.